The number of nitrogens with one attached hydrogen (secondary N) is 2. The van der Waals surface area contributed by atoms with Crippen LogP contribution in [0.1, 0.15) is 25.3 Å². The van der Waals surface area contributed by atoms with Crippen LogP contribution in [0, 0.1) is 11.6 Å². The van der Waals surface area contributed by atoms with E-state index in [4.69, 9.17) is 9.47 Å². The highest BCUT2D eigenvalue weighted by molar-refractivity contribution is 5.74. The standard InChI is InChI=1S/C17H24F2N2O3/c1-12(10-14-15(18)5-2-6-16(14)19)21-17(22)20-7-9-23-11-13-4-3-8-24-13/h2,5-6,12-13H,3-4,7-11H2,1H3,(H2,20,21,22). The smallest absolute Gasteiger partial charge is 0.315 e. The van der Waals surface area contributed by atoms with Crippen molar-refractivity contribution in [2.45, 2.75) is 38.3 Å². The number of carbonyl (C=O) groups excluding carboxylic acids is 1. The lowest BCUT2D eigenvalue weighted by atomic mass is 10.1. The van der Waals surface area contributed by atoms with E-state index in [9.17, 15) is 13.6 Å². The summed E-state index contributed by atoms with van der Waals surface area (Å²) in [5.41, 5.74) is -0.0230. The summed E-state index contributed by atoms with van der Waals surface area (Å²) in [4.78, 5) is 11.7. The zero-order valence-corrected chi connectivity index (χ0v) is 13.8. The van der Waals surface area contributed by atoms with Gasteiger partial charge in [0.15, 0.2) is 0 Å². The van der Waals surface area contributed by atoms with Gasteiger partial charge in [-0.05, 0) is 38.3 Å². The summed E-state index contributed by atoms with van der Waals surface area (Å²) in [5.74, 6) is -1.21. The van der Waals surface area contributed by atoms with Gasteiger partial charge in [-0.15, -0.1) is 0 Å². The van der Waals surface area contributed by atoms with Crippen LogP contribution in [0.3, 0.4) is 0 Å². The monoisotopic (exact) mass is 342 g/mol. The summed E-state index contributed by atoms with van der Waals surface area (Å²) in [5, 5.41) is 5.30. The van der Waals surface area contributed by atoms with Crippen molar-refractivity contribution in [3.63, 3.8) is 0 Å². The van der Waals surface area contributed by atoms with Crippen molar-refractivity contribution in [1.82, 2.24) is 10.6 Å². The van der Waals surface area contributed by atoms with Crippen molar-refractivity contribution >= 4 is 6.03 Å². The molecule has 0 saturated carbocycles. The summed E-state index contributed by atoms with van der Waals surface area (Å²) >= 11 is 0. The van der Waals surface area contributed by atoms with Crippen LogP contribution in [0.2, 0.25) is 0 Å². The molecule has 7 heteroatoms. The van der Waals surface area contributed by atoms with Crippen LogP contribution in [0.25, 0.3) is 0 Å². The Labute approximate surface area is 140 Å². The summed E-state index contributed by atoms with van der Waals surface area (Å²) in [7, 11) is 0. The van der Waals surface area contributed by atoms with E-state index in [1.54, 1.807) is 6.92 Å². The van der Waals surface area contributed by atoms with Crippen LogP contribution in [0.5, 0.6) is 0 Å². The minimum absolute atomic E-state index is 0.0230. The van der Waals surface area contributed by atoms with E-state index in [1.807, 2.05) is 0 Å². The molecule has 2 rings (SSSR count). The van der Waals surface area contributed by atoms with Crippen LogP contribution in [-0.2, 0) is 15.9 Å². The van der Waals surface area contributed by atoms with Gasteiger partial charge in [0.2, 0.25) is 0 Å². The quantitative estimate of drug-likeness (QED) is 0.713. The van der Waals surface area contributed by atoms with Gasteiger partial charge >= 0.3 is 6.03 Å². The van der Waals surface area contributed by atoms with Gasteiger partial charge < -0.3 is 20.1 Å². The molecule has 0 aliphatic carbocycles. The van der Waals surface area contributed by atoms with Crippen LogP contribution in [0.4, 0.5) is 13.6 Å². The second-order valence-electron chi connectivity index (χ2n) is 5.92. The SMILES string of the molecule is CC(Cc1c(F)cccc1F)NC(=O)NCCOCC1CCCO1. The molecule has 2 amide bonds. The lowest BCUT2D eigenvalue weighted by molar-refractivity contribution is 0.0188. The Morgan fingerprint density at radius 1 is 1.42 bits per heavy atom. The van der Waals surface area contributed by atoms with Crippen molar-refractivity contribution in [2.75, 3.05) is 26.4 Å². The Hall–Kier alpha value is -1.73. The number of hydrogen-bond donors (Lipinski definition) is 2. The van der Waals surface area contributed by atoms with Crippen LogP contribution in [0.15, 0.2) is 18.2 Å². The summed E-state index contributed by atoms with van der Waals surface area (Å²) in [6.45, 7) is 3.77. The van der Waals surface area contributed by atoms with E-state index in [0.717, 1.165) is 19.4 Å². The van der Waals surface area contributed by atoms with Gasteiger partial charge in [-0.25, -0.2) is 13.6 Å². The molecule has 2 N–H and O–H groups in total. The summed E-state index contributed by atoms with van der Waals surface area (Å²) < 4.78 is 38.0. The van der Waals surface area contributed by atoms with Gasteiger partial charge in [-0.3, -0.25) is 0 Å². The maximum atomic E-state index is 13.6. The van der Waals surface area contributed by atoms with E-state index in [0.29, 0.717) is 19.8 Å². The minimum Gasteiger partial charge on any atom is -0.377 e. The van der Waals surface area contributed by atoms with E-state index in [-0.39, 0.29) is 24.1 Å². The van der Waals surface area contributed by atoms with Crippen LogP contribution >= 0.6 is 0 Å². The van der Waals surface area contributed by atoms with Gasteiger partial charge in [-0.2, -0.15) is 0 Å². The molecule has 134 valence electrons. The third kappa shape index (κ3) is 6.05. The third-order valence-electron chi connectivity index (χ3n) is 3.81. The van der Waals surface area contributed by atoms with Gasteiger partial charge in [0.1, 0.15) is 11.6 Å². The first kappa shape index (κ1) is 18.6. The fourth-order valence-electron chi connectivity index (χ4n) is 2.59. The Kier molecular flexibility index (Phi) is 7.39. The first-order valence-electron chi connectivity index (χ1n) is 8.23. The molecule has 0 spiro atoms. The van der Waals surface area contributed by atoms with Gasteiger partial charge in [0, 0.05) is 24.8 Å². The summed E-state index contributed by atoms with van der Waals surface area (Å²) in [6.07, 6.45) is 2.32. The Morgan fingerprint density at radius 3 is 2.83 bits per heavy atom. The van der Waals surface area contributed by atoms with E-state index in [2.05, 4.69) is 10.6 Å². The Morgan fingerprint density at radius 2 is 2.17 bits per heavy atom. The molecule has 2 atom stereocenters. The van der Waals surface area contributed by atoms with E-state index < -0.39 is 17.7 Å². The first-order chi connectivity index (χ1) is 11.6. The van der Waals surface area contributed by atoms with Gasteiger partial charge in [0.25, 0.3) is 0 Å². The van der Waals surface area contributed by atoms with Crippen molar-refractivity contribution in [2.24, 2.45) is 0 Å². The average Bonchev–Trinajstić information content (AvgIpc) is 3.04. The number of carbonyl (C=O) groups is 1. The number of urea groups is 1. The summed E-state index contributed by atoms with van der Waals surface area (Å²) in [6, 6.07) is 2.94. The topological polar surface area (TPSA) is 59.6 Å². The third-order valence-corrected chi connectivity index (χ3v) is 3.81. The van der Waals surface area contributed by atoms with Gasteiger partial charge in [-0.1, -0.05) is 6.07 Å². The molecular weight excluding hydrogens is 318 g/mol. The van der Waals surface area contributed by atoms with E-state index in [1.165, 1.54) is 18.2 Å². The molecule has 1 fully saturated rings. The zero-order chi connectivity index (χ0) is 17.4. The predicted molar refractivity (Wildman–Crippen MR) is 85.9 cm³/mol. The normalized spacial score (nSPS) is 18.4. The van der Waals surface area contributed by atoms with Crippen LogP contribution < -0.4 is 10.6 Å². The fourth-order valence-corrected chi connectivity index (χ4v) is 2.59. The molecule has 2 unspecified atom stereocenters. The number of rotatable bonds is 8. The molecule has 5 nitrogen and oxygen atoms in total. The minimum atomic E-state index is -0.605. The largest absolute Gasteiger partial charge is 0.377 e. The highest BCUT2D eigenvalue weighted by Crippen LogP contribution is 2.14. The predicted octanol–water partition coefficient (Wildman–Crippen LogP) is 2.39. The number of halogens is 2. The Balaban J connectivity index is 1.61. The highest BCUT2D eigenvalue weighted by Gasteiger charge is 2.16. The molecule has 1 aromatic carbocycles. The number of ether oxygens (including phenoxy) is 2. The maximum absolute atomic E-state index is 13.6. The first-order valence-corrected chi connectivity index (χ1v) is 8.23. The van der Waals surface area contributed by atoms with Gasteiger partial charge in [0.05, 0.1) is 19.3 Å². The number of amides is 2. The fraction of sp³-hybridized carbons (Fsp3) is 0.588. The molecule has 0 bridgehead atoms. The van der Waals surface area contributed by atoms with E-state index >= 15 is 0 Å². The Bertz CT molecular complexity index is 516. The molecule has 1 heterocycles. The molecule has 0 radical (unpaired) electrons. The molecular formula is C17H24F2N2O3. The zero-order valence-electron chi connectivity index (χ0n) is 13.8. The van der Waals surface area contributed by atoms with Crippen molar-refractivity contribution in [3.8, 4) is 0 Å². The molecule has 24 heavy (non-hydrogen) atoms. The lowest BCUT2D eigenvalue weighted by Crippen LogP contribution is -2.43. The van der Waals surface area contributed by atoms with Crippen molar-refractivity contribution in [1.29, 1.82) is 0 Å². The second-order valence-corrected chi connectivity index (χ2v) is 5.92. The average molecular weight is 342 g/mol. The second kappa shape index (κ2) is 9.54. The maximum Gasteiger partial charge on any atom is 0.315 e. The molecule has 1 saturated heterocycles. The molecule has 1 aliphatic rings. The highest BCUT2D eigenvalue weighted by atomic mass is 19.1. The van der Waals surface area contributed by atoms with Crippen molar-refractivity contribution < 1.29 is 23.0 Å². The number of benzene rings is 1. The molecule has 1 aliphatic heterocycles. The lowest BCUT2D eigenvalue weighted by Gasteiger charge is -2.16. The molecule has 1 aromatic rings. The van der Waals surface area contributed by atoms with Crippen LogP contribution in [-0.4, -0.2) is 44.5 Å². The molecule has 0 aromatic heterocycles. The van der Waals surface area contributed by atoms with Crippen molar-refractivity contribution in [3.05, 3.63) is 35.4 Å². The number of hydrogen-bond acceptors (Lipinski definition) is 3.